The van der Waals surface area contributed by atoms with Crippen LogP contribution in [0.15, 0.2) is 34.9 Å². The quantitative estimate of drug-likeness (QED) is 0.410. The number of carbonyl (C=O) groups excluding carboxylic acids is 1. The molecule has 2 aromatic heterocycles. The molecule has 1 aromatic carbocycles. The van der Waals surface area contributed by atoms with Gasteiger partial charge in [0.05, 0.1) is 25.3 Å². The molecule has 0 fully saturated rings. The van der Waals surface area contributed by atoms with E-state index in [2.05, 4.69) is 20.9 Å². The second kappa shape index (κ2) is 4.80. The van der Waals surface area contributed by atoms with Crippen LogP contribution in [0.3, 0.4) is 0 Å². The van der Waals surface area contributed by atoms with Crippen molar-refractivity contribution in [3.05, 3.63) is 50.7 Å². The lowest BCUT2D eigenvalue weighted by Gasteiger charge is -1.97. The second-order valence-electron chi connectivity index (χ2n) is 3.95. The number of aromatic nitrogens is 2. The highest BCUT2D eigenvalue weighted by Gasteiger charge is 2.15. The Bertz CT molecular complexity index is 840. The molecule has 3 aromatic rings. The maximum atomic E-state index is 10.9. The van der Waals surface area contributed by atoms with E-state index in [9.17, 15) is 14.9 Å². The molecule has 6 nitrogen and oxygen atoms in total. The maximum absolute atomic E-state index is 10.9. The van der Waals surface area contributed by atoms with Gasteiger partial charge in [0.1, 0.15) is 0 Å². The van der Waals surface area contributed by atoms with Crippen molar-refractivity contribution in [3.63, 3.8) is 0 Å². The molecule has 0 aliphatic heterocycles. The van der Waals surface area contributed by atoms with Crippen LogP contribution in [0.2, 0.25) is 0 Å². The Labute approximate surface area is 124 Å². The first-order valence-corrected chi connectivity index (χ1v) is 7.08. The van der Waals surface area contributed by atoms with Gasteiger partial charge in [-0.2, -0.15) is 0 Å². The summed E-state index contributed by atoms with van der Waals surface area (Å²) < 4.78 is 2.89. The van der Waals surface area contributed by atoms with E-state index in [0.717, 1.165) is 6.29 Å². The predicted molar refractivity (Wildman–Crippen MR) is 78.7 cm³/mol. The zero-order valence-corrected chi connectivity index (χ0v) is 12.2. The first kappa shape index (κ1) is 12.9. The number of halogens is 1. The number of nitro groups is 1. The molecular formula is C12H6BrN3O3S. The molecule has 0 atom stereocenters. The molecule has 0 amide bonds. The third-order valence-electron chi connectivity index (χ3n) is 2.74. The lowest BCUT2D eigenvalue weighted by molar-refractivity contribution is -0.384. The van der Waals surface area contributed by atoms with Crippen molar-refractivity contribution in [3.8, 4) is 5.13 Å². The third kappa shape index (κ3) is 2.02. The number of non-ortho nitro benzene ring substituents is 1. The lowest BCUT2D eigenvalue weighted by Crippen LogP contribution is -1.96. The van der Waals surface area contributed by atoms with Crippen LogP contribution < -0.4 is 0 Å². The normalized spacial score (nSPS) is 10.8. The largest absolute Gasteiger partial charge is 0.296 e. The highest BCUT2D eigenvalue weighted by Crippen LogP contribution is 2.34. The average molecular weight is 352 g/mol. The number of fused-ring (bicyclic) bond motifs is 1. The Morgan fingerprint density at radius 2 is 2.25 bits per heavy atom. The molecule has 0 saturated carbocycles. The van der Waals surface area contributed by atoms with Gasteiger partial charge in [0, 0.05) is 18.3 Å². The van der Waals surface area contributed by atoms with Crippen molar-refractivity contribution in [2.75, 3.05) is 0 Å². The molecule has 0 N–H and O–H groups in total. The van der Waals surface area contributed by atoms with Gasteiger partial charge in [-0.3, -0.25) is 19.5 Å². The van der Waals surface area contributed by atoms with Gasteiger partial charge >= 0.3 is 0 Å². The van der Waals surface area contributed by atoms with Crippen LogP contribution in [0, 0.1) is 10.1 Å². The van der Waals surface area contributed by atoms with Gasteiger partial charge in [-0.05, 0) is 28.1 Å². The summed E-state index contributed by atoms with van der Waals surface area (Å²) in [5, 5.41) is 11.4. The van der Waals surface area contributed by atoms with E-state index in [1.807, 2.05) is 0 Å². The van der Waals surface area contributed by atoms with Gasteiger partial charge in [0.25, 0.3) is 5.69 Å². The number of carbonyl (C=O) groups is 1. The summed E-state index contributed by atoms with van der Waals surface area (Å²) in [5.74, 6) is 0. The number of rotatable bonds is 3. The topological polar surface area (TPSA) is 78.0 Å². The minimum atomic E-state index is -0.448. The molecule has 0 aliphatic rings. The highest BCUT2D eigenvalue weighted by atomic mass is 79.9. The zero-order valence-electron chi connectivity index (χ0n) is 9.82. The summed E-state index contributed by atoms with van der Waals surface area (Å²) in [6.45, 7) is 0. The summed E-state index contributed by atoms with van der Waals surface area (Å²) in [6.07, 6.45) is 2.47. The van der Waals surface area contributed by atoms with E-state index in [0.29, 0.717) is 25.5 Å². The highest BCUT2D eigenvalue weighted by molar-refractivity contribution is 9.10. The van der Waals surface area contributed by atoms with Gasteiger partial charge in [-0.1, -0.05) is 11.3 Å². The number of nitro benzene ring substituents is 1. The van der Waals surface area contributed by atoms with Crippen LogP contribution in [0.4, 0.5) is 5.69 Å². The Balaban J connectivity index is 2.23. The summed E-state index contributed by atoms with van der Waals surface area (Å²) >= 11 is 4.58. The van der Waals surface area contributed by atoms with Gasteiger partial charge < -0.3 is 0 Å². The van der Waals surface area contributed by atoms with Crippen molar-refractivity contribution in [2.24, 2.45) is 0 Å². The van der Waals surface area contributed by atoms with Crippen molar-refractivity contribution >= 4 is 49.5 Å². The number of nitrogens with zero attached hydrogens (tertiary/aromatic N) is 3. The van der Waals surface area contributed by atoms with E-state index in [1.54, 1.807) is 22.9 Å². The van der Waals surface area contributed by atoms with E-state index in [1.165, 1.54) is 23.5 Å². The Morgan fingerprint density at radius 3 is 2.95 bits per heavy atom. The van der Waals surface area contributed by atoms with Crippen molar-refractivity contribution in [1.82, 2.24) is 9.55 Å². The van der Waals surface area contributed by atoms with Gasteiger partial charge in [0.15, 0.2) is 11.4 Å². The molecule has 8 heteroatoms. The standard InChI is InChI=1S/C12H6BrN3O3S/c13-9-4-8(16(18)19)5-10-11(9)14-12(20-10)15-3-1-2-7(15)6-17/h1-6H. The van der Waals surface area contributed by atoms with Crippen LogP contribution in [0.25, 0.3) is 15.3 Å². The second-order valence-corrected chi connectivity index (χ2v) is 5.81. The molecule has 0 bridgehead atoms. The van der Waals surface area contributed by atoms with E-state index in [-0.39, 0.29) is 5.69 Å². The van der Waals surface area contributed by atoms with Crippen LogP contribution in [0.1, 0.15) is 10.5 Å². The Kier molecular flexibility index (Phi) is 3.11. The lowest BCUT2D eigenvalue weighted by atomic mass is 10.3. The molecular weight excluding hydrogens is 346 g/mol. The van der Waals surface area contributed by atoms with Crippen LogP contribution in [-0.2, 0) is 0 Å². The minimum Gasteiger partial charge on any atom is -0.296 e. The number of hydrogen-bond acceptors (Lipinski definition) is 5. The minimum absolute atomic E-state index is 0.00249. The molecule has 3 rings (SSSR count). The molecule has 0 saturated heterocycles. The first-order valence-electron chi connectivity index (χ1n) is 5.47. The molecule has 2 heterocycles. The fraction of sp³-hybridized carbons (Fsp3) is 0. The monoisotopic (exact) mass is 351 g/mol. The van der Waals surface area contributed by atoms with E-state index < -0.39 is 4.92 Å². The van der Waals surface area contributed by atoms with E-state index >= 15 is 0 Å². The van der Waals surface area contributed by atoms with Crippen LogP contribution in [-0.4, -0.2) is 20.8 Å². The van der Waals surface area contributed by atoms with Gasteiger partial charge in [-0.25, -0.2) is 4.98 Å². The average Bonchev–Trinajstić information content (AvgIpc) is 3.03. The molecule has 0 spiro atoms. The SMILES string of the molecule is O=Cc1cccn1-c1nc2c(Br)cc([N+](=O)[O-])cc2s1. The zero-order chi connectivity index (χ0) is 14.3. The summed E-state index contributed by atoms with van der Waals surface area (Å²) in [7, 11) is 0. The molecule has 0 unspecified atom stereocenters. The van der Waals surface area contributed by atoms with Gasteiger partial charge in [0.2, 0.25) is 0 Å². The van der Waals surface area contributed by atoms with Crippen molar-refractivity contribution in [1.29, 1.82) is 0 Å². The Hall–Kier alpha value is -2.06. The fourth-order valence-electron chi connectivity index (χ4n) is 1.84. The number of hydrogen-bond donors (Lipinski definition) is 0. The molecule has 0 radical (unpaired) electrons. The summed E-state index contributed by atoms with van der Waals surface area (Å²) in [6, 6.07) is 6.32. The van der Waals surface area contributed by atoms with Gasteiger partial charge in [-0.15, -0.1) is 0 Å². The summed E-state index contributed by atoms with van der Waals surface area (Å²) in [4.78, 5) is 25.8. The number of thiazole rings is 1. The van der Waals surface area contributed by atoms with E-state index in [4.69, 9.17) is 0 Å². The third-order valence-corrected chi connectivity index (χ3v) is 4.35. The number of benzene rings is 1. The molecule has 20 heavy (non-hydrogen) atoms. The van der Waals surface area contributed by atoms with Crippen molar-refractivity contribution < 1.29 is 9.72 Å². The smallest absolute Gasteiger partial charge is 0.272 e. The summed E-state index contributed by atoms with van der Waals surface area (Å²) in [5.41, 5.74) is 1.12. The van der Waals surface area contributed by atoms with Crippen LogP contribution in [0.5, 0.6) is 0 Å². The number of aldehydes is 1. The fourth-order valence-corrected chi connectivity index (χ4v) is 3.53. The van der Waals surface area contributed by atoms with Crippen molar-refractivity contribution in [2.45, 2.75) is 0 Å². The van der Waals surface area contributed by atoms with Crippen LogP contribution >= 0.6 is 27.3 Å². The molecule has 100 valence electrons. The first-order chi connectivity index (χ1) is 9.60. The predicted octanol–water partition coefficient (Wildman–Crippen LogP) is 3.57. The molecule has 0 aliphatic carbocycles. The Morgan fingerprint density at radius 1 is 1.45 bits per heavy atom. The maximum Gasteiger partial charge on any atom is 0.272 e.